The molecule has 0 bridgehead atoms. The molecule has 2 aromatic rings. The van der Waals surface area contributed by atoms with Gasteiger partial charge in [-0.1, -0.05) is 0 Å². The maximum Gasteiger partial charge on any atom is 0.305 e. The Hall–Kier alpha value is -2.15. The quantitative estimate of drug-likeness (QED) is 0.715. The van der Waals surface area contributed by atoms with E-state index < -0.39 is 5.97 Å². The molecule has 96 valence electrons. The third-order valence-corrected chi connectivity index (χ3v) is 2.54. The molecule has 0 aromatic carbocycles. The number of carboxylic acid groups (broad SMARTS) is 1. The van der Waals surface area contributed by atoms with Crippen molar-refractivity contribution in [2.24, 2.45) is 0 Å². The average Bonchev–Trinajstić information content (AvgIpc) is 2.73. The first-order valence-electron chi connectivity index (χ1n) is 5.50. The standard InChI is InChI=1S/C11H13N3O4/c15-10(16)2-5-18-6-4-14-3-1-8-9(14)7-12-13-11(8)17/h1,3,7H,2,4-6H2,(H,13,17)(H,15,16). The van der Waals surface area contributed by atoms with E-state index in [-0.39, 0.29) is 18.6 Å². The van der Waals surface area contributed by atoms with Gasteiger partial charge in [0.1, 0.15) is 0 Å². The van der Waals surface area contributed by atoms with Crippen LogP contribution in [0.25, 0.3) is 10.9 Å². The van der Waals surface area contributed by atoms with Crippen molar-refractivity contribution in [2.45, 2.75) is 13.0 Å². The van der Waals surface area contributed by atoms with E-state index >= 15 is 0 Å². The number of nitrogens with zero attached hydrogens (tertiary/aromatic N) is 2. The molecule has 0 fully saturated rings. The number of rotatable bonds is 6. The minimum atomic E-state index is -0.878. The summed E-state index contributed by atoms with van der Waals surface area (Å²) < 4.78 is 7.03. The van der Waals surface area contributed by atoms with Crippen molar-refractivity contribution in [3.8, 4) is 0 Å². The molecule has 0 saturated heterocycles. The Morgan fingerprint density at radius 2 is 2.33 bits per heavy atom. The number of hydrogen-bond donors (Lipinski definition) is 2. The van der Waals surface area contributed by atoms with Gasteiger partial charge in [-0.05, 0) is 6.07 Å². The summed E-state index contributed by atoms with van der Waals surface area (Å²) >= 11 is 0. The Kier molecular flexibility index (Phi) is 3.73. The Labute approximate surface area is 102 Å². The molecule has 2 N–H and O–H groups in total. The average molecular weight is 251 g/mol. The lowest BCUT2D eigenvalue weighted by molar-refractivity contribution is -0.138. The smallest absolute Gasteiger partial charge is 0.305 e. The first kappa shape index (κ1) is 12.3. The number of aliphatic carboxylic acids is 1. The van der Waals surface area contributed by atoms with Gasteiger partial charge in [0.05, 0.1) is 36.7 Å². The van der Waals surface area contributed by atoms with Gasteiger partial charge in [0, 0.05) is 12.7 Å². The van der Waals surface area contributed by atoms with E-state index in [1.165, 1.54) is 0 Å². The first-order chi connectivity index (χ1) is 8.68. The first-order valence-corrected chi connectivity index (χ1v) is 5.50. The van der Waals surface area contributed by atoms with Crippen molar-refractivity contribution in [3.63, 3.8) is 0 Å². The van der Waals surface area contributed by atoms with Gasteiger partial charge in [-0.25, -0.2) is 5.10 Å². The summed E-state index contributed by atoms with van der Waals surface area (Å²) in [5.41, 5.74) is 0.513. The summed E-state index contributed by atoms with van der Waals surface area (Å²) in [7, 11) is 0. The number of fused-ring (bicyclic) bond motifs is 1. The zero-order valence-electron chi connectivity index (χ0n) is 9.63. The molecule has 7 nitrogen and oxygen atoms in total. The molecular formula is C11H13N3O4. The predicted molar refractivity (Wildman–Crippen MR) is 63.4 cm³/mol. The van der Waals surface area contributed by atoms with Crippen molar-refractivity contribution in [2.75, 3.05) is 13.2 Å². The molecule has 0 unspecified atom stereocenters. The van der Waals surface area contributed by atoms with Crippen molar-refractivity contribution in [3.05, 3.63) is 28.8 Å². The van der Waals surface area contributed by atoms with Crippen LogP contribution in [0, 0.1) is 0 Å². The highest BCUT2D eigenvalue weighted by Gasteiger charge is 2.04. The van der Waals surface area contributed by atoms with Gasteiger partial charge in [-0.15, -0.1) is 0 Å². The van der Waals surface area contributed by atoms with Gasteiger partial charge in [-0.2, -0.15) is 5.10 Å². The molecule has 2 aromatic heterocycles. The number of carbonyl (C=O) groups is 1. The van der Waals surface area contributed by atoms with E-state index in [1.807, 2.05) is 4.57 Å². The summed E-state index contributed by atoms with van der Waals surface area (Å²) in [6.07, 6.45) is 3.35. The third kappa shape index (κ3) is 2.75. The molecule has 18 heavy (non-hydrogen) atoms. The lowest BCUT2D eigenvalue weighted by Crippen LogP contribution is -2.10. The topological polar surface area (TPSA) is 97.2 Å². The summed E-state index contributed by atoms with van der Waals surface area (Å²) in [6.45, 7) is 1.13. The summed E-state index contributed by atoms with van der Waals surface area (Å²) in [5.74, 6) is -0.878. The highest BCUT2D eigenvalue weighted by Crippen LogP contribution is 2.09. The van der Waals surface area contributed by atoms with Crippen LogP contribution >= 0.6 is 0 Å². The molecule has 0 amide bonds. The SMILES string of the molecule is O=C(O)CCOCCn1ccc2c(=O)[nH]ncc21. The predicted octanol–water partition coefficient (Wildman–Crippen LogP) is 0.216. The van der Waals surface area contributed by atoms with Crippen LogP contribution < -0.4 is 5.56 Å². The second-order valence-electron chi connectivity index (χ2n) is 3.76. The van der Waals surface area contributed by atoms with Crippen molar-refractivity contribution in [1.29, 1.82) is 0 Å². The number of ether oxygens (including phenoxy) is 1. The van der Waals surface area contributed by atoms with E-state index in [4.69, 9.17) is 9.84 Å². The lowest BCUT2D eigenvalue weighted by atomic mass is 10.4. The van der Waals surface area contributed by atoms with Crippen LogP contribution in [0.15, 0.2) is 23.3 Å². The normalized spacial score (nSPS) is 10.9. The van der Waals surface area contributed by atoms with Crippen LogP contribution in [-0.4, -0.2) is 39.1 Å². The molecule has 0 aliphatic carbocycles. The maximum atomic E-state index is 11.4. The minimum Gasteiger partial charge on any atom is -0.481 e. The molecule has 0 saturated carbocycles. The number of hydrogen-bond acceptors (Lipinski definition) is 4. The molecule has 0 aliphatic heterocycles. The third-order valence-electron chi connectivity index (χ3n) is 2.54. The monoisotopic (exact) mass is 251 g/mol. The van der Waals surface area contributed by atoms with Gasteiger partial charge in [0.2, 0.25) is 0 Å². The van der Waals surface area contributed by atoms with Crippen LogP contribution in [0.3, 0.4) is 0 Å². The summed E-state index contributed by atoms with van der Waals surface area (Å²) in [6, 6.07) is 1.72. The molecular weight excluding hydrogens is 238 g/mol. The Morgan fingerprint density at radius 3 is 3.11 bits per heavy atom. The molecule has 2 heterocycles. The van der Waals surface area contributed by atoms with Crippen molar-refractivity contribution in [1.82, 2.24) is 14.8 Å². The highest BCUT2D eigenvalue weighted by molar-refractivity contribution is 5.77. The van der Waals surface area contributed by atoms with Crippen LogP contribution in [0.5, 0.6) is 0 Å². The second-order valence-corrected chi connectivity index (χ2v) is 3.76. The van der Waals surface area contributed by atoms with Crippen LogP contribution in [0.1, 0.15) is 6.42 Å². The van der Waals surface area contributed by atoms with Gasteiger partial charge >= 0.3 is 5.97 Å². The van der Waals surface area contributed by atoms with E-state index in [0.717, 1.165) is 5.52 Å². The Bertz CT molecular complexity index is 602. The number of carboxylic acids is 1. The lowest BCUT2D eigenvalue weighted by Gasteiger charge is -2.05. The number of nitrogens with one attached hydrogen (secondary N) is 1. The largest absolute Gasteiger partial charge is 0.481 e. The fraction of sp³-hybridized carbons (Fsp3) is 0.364. The minimum absolute atomic E-state index is 0.00630. The number of aromatic nitrogens is 3. The van der Waals surface area contributed by atoms with Gasteiger partial charge in [0.15, 0.2) is 0 Å². The zero-order valence-corrected chi connectivity index (χ0v) is 9.63. The van der Waals surface area contributed by atoms with Gasteiger partial charge in [0.25, 0.3) is 5.56 Å². The van der Waals surface area contributed by atoms with Gasteiger partial charge in [-0.3, -0.25) is 9.59 Å². The van der Waals surface area contributed by atoms with E-state index in [9.17, 15) is 9.59 Å². The molecule has 0 radical (unpaired) electrons. The van der Waals surface area contributed by atoms with Crippen LogP contribution in [0.2, 0.25) is 0 Å². The summed E-state index contributed by atoms with van der Waals surface area (Å²) in [5, 5.41) is 15.1. The van der Waals surface area contributed by atoms with Crippen LogP contribution in [0.4, 0.5) is 0 Å². The molecule has 2 rings (SSSR count). The second kappa shape index (κ2) is 5.46. The Balaban J connectivity index is 1.94. The molecule has 0 aliphatic rings. The zero-order chi connectivity index (χ0) is 13.0. The van der Waals surface area contributed by atoms with E-state index in [2.05, 4.69) is 10.2 Å². The fourth-order valence-electron chi connectivity index (χ4n) is 1.65. The maximum absolute atomic E-state index is 11.4. The highest BCUT2D eigenvalue weighted by atomic mass is 16.5. The van der Waals surface area contributed by atoms with E-state index in [0.29, 0.717) is 18.5 Å². The number of H-pyrrole nitrogens is 1. The van der Waals surface area contributed by atoms with Crippen molar-refractivity contribution >= 4 is 16.9 Å². The molecule has 7 heteroatoms. The summed E-state index contributed by atoms with van der Waals surface area (Å²) in [4.78, 5) is 21.7. The Morgan fingerprint density at radius 1 is 1.50 bits per heavy atom. The molecule has 0 spiro atoms. The fourth-order valence-corrected chi connectivity index (χ4v) is 1.65. The number of aromatic amines is 1. The van der Waals surface area contributed by atoms with Gasteiger partial charge < -0.3 is 14.4 Å². The molecule has 0 atom stereocenters. The van der Waals surface area contributed by atoms with E-state index in [1.54, 1.807) is 18.5 Å². The van der Waals surface area contributed by atoms with Crippen molar-refractivity contribution < 1.29 is 14.6 Å². The van der Waals surface area contributed by atoms with Crippen LogP contribution in [-0.2, 0) is 16.1 Å².